The number of aryl methyl sites for hydroxylation is 1. The second-order valence-corrected chi connectivity index (χ2v) is 6.78. The molecule has 0 aliphatic heterocycles. The van der Waals surface area contributed by atoms with E-state index >= 15 is 0 Å². The minimum atomic E-state index is -0.371. The van der Waals surface area contributed by atoms with Crippen molar-refractivity contribution in [3.8, 4) is 5.75 Å². The van der Waals surface area contributed by atoms with Gasteiger partial charge in [-0.3, -0.25) is 15.6 Å². The fourth-order valence-electron chi connectivity index (χ4n) is 2.04. The highest BCUT2D eigenvalue weighted by atomic mass is 35.5. The summed E-state index contributed by atoms with van der Waals surface area (Å²) in [7, 11) is 0. The summed E-state index contributed by atoms with van der Waals surface area (Å²) in [5, 5.41) is 4.48. The van der Waals surface area contributed by atoms with Crippen LogP contribution >= 0.6 is 35.4 Å². The van der Waals surface area contributed by atoms with Crippen molar-refractivity contribution in [1.29, 1.82) is 0 Å². The maximum absolute atomic E-state index is 11.8. The lowest BCUT2D eigenvalue weighted by molar-refractivity contribution is -0.123. The molecule has 5 nitrogen and oxygen atoms in total. The van der Waals surface area contributed by atoms with Crippen LogP contribution in [-0.2, 0) is 11.2 Å². The number of carbonyl (C=O) groups is 1. The van der Waals surface area contributed by atoms with Gasteiger partial charge in [-0.2, -0.15) is 0 Å². The first-order valence-electron chi connectivity index (χ1n) is 7.90. The Kier molecular flexibility index (Phi) is 7.97. The number of benzene rings is 2. The van der Waals surface area contributed by atoms with Crippen molar-refractivity contribution in [2.75, 3.05) is 13.2 Å². The molecule has 2 rings (SSSR count). The molecule has 0 spiro atoms. The minimum Gasteiger partial charge on any atom is -0.482 e. The summed E-state index contributed by atoms with van der Waals surface area (Å²) in [6, 6.07) is 13.0. The number of ether oxygens (including phenoxy) is 1. The molecule has 0 aliphatic carbocycles. The maximum Gasteiger partial charge on any atom is 0.276 e. The number of rotatable bonds is 6. The lowest BCUT2D eigenvalue weighted by Crippen LogP contribution is -2.48. The highest BCUT2D eigenvalue weighted by molar-refractivity contribution is 7.80. The zero-order chi connectivity index (χ0) is 18.9. The lowest BCUT2D eigenvalue weighted by Gasteiger charge is -2.12. The van der Waals surface area contributed by atoms with Crippen LogP contribution in [0.5, 0.6) is 5.75 Å². The van der Waals surface area contributed by atoms with Gasteiger partial charge in [-0.05, 0) is 61.0 Å². The Labute approximate surface area is 168 Å². The molecule has 0 fully saturated rings. The molecule has 0 radical (unpaired) electrons. The van der Waals surface area contributed by atoms with Gasteiger partial charge in [0.05, 0.1) is 5.02 Å². The number of halogens is 2. The Hall–Kier alpha value is -2.02. The van der Waals surface area contributed by atoms with Gasteiger partial charge < -0.3 is 10.1 Å². The summed E-state index contributed by atoms with van der Waals surface area (Å²) in [5.74, 6) is 0.0925. The van der Waals surface area contributed by atoms with Crippen molar-refractivity contribution < 1.29 is 9.53 Å². The second kappa shape index (κ2) is 10.2. The van der Waals surface area contributed by atoms with E-state index in [1.165, 1.54) is 0 Å². The Balaban J connectivity index is 1.64. The molecule has 26 heavy (non-hydrogen) atoms. The molecule has 138 valence electrons. The van der Waals surface area contributed by atoms with E-state index in [1.54, 1.807) is 12.1 Å². The topological polar surface area (TPSA) is 62.4 Å². The second-order valence-electron chi connectivity index (χ2n) is 5.53. The van der Waals surface area contributed by atoms with E-state index in [0.29, 0.717) is 27.5 Å². The van der Waals surface area contributed by atoms with Crippen LogP contribution in [-0.4, -0.2) is 24.2 Å². The number of amides is 1. The Morgan fingerprint density at radius 3 is 2.58 bits per heavy atom. The van der Waals surface area contributed by atoms with E-state index in [0.717, 1.165) is 17.5 Å². The molecular formula is C18H19Cl2N3O2S. The Morgan fingerprint density at radius 1 is 1.12 bits per heavy atom. The van der Waals surface area contributed by atoms with Gasteiger partial charge in [0.1, 0.15) is 5.75 Å². The molecule has 0 atom stereocenters. The fourth-order valence-corrected chi connectivity index (χ4v) is 2.49. The standard InChI is InChI=1S/C18H19Cl2N3O2S/c1-12-2-7-15(20)16(10-12)25-11-17(24)22-23-18(26)21-9-8-13-3-5-14(19)6-4-13/h2-7,10H,8-9,11H2,1H3,(H,22,24)(H2,21,23,26). The minimum absolute atomic E-state index is 0.177. The summed E-state index contributed by atoms with van der Waals surface area (Å²) in [5.41, 5.74) is 7.22. The van der Waals surface area contributed by atoms with Gasteiger partial charge in [0.25, 0.3) is 5.91 Å². The number of carbonyl (C=O) groups excluding carboxylic acids is 1. The third-order valence-corrected chi connectivity index (χ3v) is 4.18. The molecule has 2 aromatic rings. The zero-order valence-corrected chi connectivity index (χ0v) is 16.5. The molecule has 0 aliphatic rings. The zero-order valence-electron chi connectivity index (χ0n) is 14.1. The average molecular weight is 412 g/mol. The van der Waals surface area contributed by atoms with Crippen LogP contribution in [0.3, 0.4) is 0 Å². The van der Waals surface area contributed by atoms with E-state index in [2.05, 4.69) is 16.2 Å². The highest BCUT2D eigenvalue weighted by Gasteiger charge is 2.06. The third-order valence-electron chi connectivity index (χ3n) is 3.37. The van der Waals surface area contributed by atoms with Gasteiger partial charge in [-0.15, -0.1) is 0 Å². The van der Waals surface area contributed by atoms with E-state index in [9.17, 15) is 4.79 Å². The van der Waals surface area contributed by atoms with E-state index < -0.39 is 0 Å². The van der Waals surface area contributed by atoms with Crippen molar-refractivity contribution >= 4 is 46.4 Å². The molecule has 0 saturated heterocycles. The molecule has 0 aromatic heterocycles. The van der Waals surface area contributed by atoms with Gasteiger partial charge in [0, 0.05) is 11.6 Å². The average Bonchev–Trinajstić information content (AvgIpc) is 2.62. The maximum atomic E-state index is 11.8. The van der Waals surface area contributed by atoms with Crippen LogP contribution in [0, 0.1) is 6.92 Å². The monoisotopic (exact) mass is 411 g/mol. The van der Waals surface area contributed by atoms with Crippen molar-refractivity contribution in [2.24, 2.45) is 0 Å². The summed E-state index contributed by atoms with van der Waals surface area (Å²) < 4.78 is 5.40. The summed E-state index contributed by atoms with van der Waals surface area (Å²) in [6.07, 6.45) is 0.780. The Morgan fingerprint density at radius 2 is 1.85 bits per heavy atom. The van der Waals surface area contributed by atoms with Crippen LogP contribution in [0.25, 0.3) is 0 Å². The van der Waals surface area contributed by atoms with Crippen molar-refractivity contribution in [2.45, 2.75) is 13.3 Å². The third kappa shape index (κ3) is 7.07. The van der Waals surface area contributed by atoms with Gasteiger partial charge in [0.2, 0.25) is 0 Å². The summed E-state index contributed by atoms with van der Waals surface area (Å²) in [4.78, 5) is 11.8. The summed E-state index contributed by atoms with van der Waals surface area (Å²) in [6.45, 7) is 2.36. The van der Waals surface area contributed by atoms with E-state index in [1.807, 2.05) is 37.3 Å². The van der Waals surface area contributed by atoms with Crippen molar-refractivity contribution in [3.05, 3.63) is 63.6 Å². The van der Waals surface area contributed by atoms with E-state index in [-0.39, 0.29) is 12.5 Å². The predicted molar refractivity (Wildman–Crippen MR) is 109 cm³/mol. The lowest BCUT2D eigenvalue weighted by atomic mass is 10.1. The highest BCUT2D eigenvalue weighted by Crippen LogP contribution is 2.24. The van der Waals surface area contributed by atoms with Crippen LogP contribution in [0.15, 0.2) is 42.5 Å². The first kappa shape index (κ1) is 20.3. The molecule has 0 saturated carbocycles. The number of thiocarbonyl (C=S) groups is 1. The predicted octanol–water partition coefficient (Wildman–Crippen LogP) is 3.42. The SMILES string of the molecule is Cc1ccc(Cl)c(OCC(=O)NNC(=S)NCCc2ccc(Cl)cc2)c1. The van der Waals surface area contributed by atoms with Crippen molar-refractivity contribution in [1.82, 2.24) is 16.2 Å². The summed E-state index contributed by atoms with van der Waals surface area (Å²) >= 11 is 17.0. The molecule has 0 bridgehead atoms. The number of nitrogens with one attached hydrogen (secondary N) is 3. The van der Waals surface area contributed by atoms with Gasteiger partial charge in [-0.25, -0.2) is 0 Å². The number of hydrogen-bond acceptors (Lipinski definition) is 3. The van der Waals surface area contributed by atoms with Gasteiger partial charge in [0.15, 0.2) is 11.7 Å². The van der Waals surface area contributed by atoms with Crippen LogP contribution in [0.4, 0.5) is 0 Å². The molecule has 0 unspecified atom stereocenters. The largest absolute Gasteiger partial charge is 0.482 e. The number of hydrazine groups is 1. The fraction of sp³-hybridized carbons (Fsp3) is 0.222. The van der Waals surface area contributed by atoms with Crippen LogP contribution in [0.1, 0.15) is 11.1 Å². The number of hydrogen-bond donors (Lipinski definition) is 3. The molecule has 8 heteroatoms. The smallest absolute Gasteiger partial charge is 0.276 e. The molecular weight excluding hydrogens is 393 g/mol. The normalized spacial score (nSPS) is 10.1. The van der Waals surface area contributed by atoms with Gasteiger partial charge in [-0.1, -0.05) is 41.4 Å². The molecule has 3 N–H and O–H groups in total. The molecule has 1 amide bonds. The first-order valence-corrected chi connectivity index (χ1v) is 9.06. The van der Waals surface area contributed by atoms with Gasteiger partial charge >= 0.3 is 0 Å². The first-order chi connectivity index (χ1) is 12.4. The molecule has 2 aromatic carbocycles. The Bertz CT molecular complexity index is 770. The van der Waals surface area contributed by atoms with Crippen LogP contribution in [0.2, 0.25) is 10.0 Å². The van der Waals surface area contributed by atoms with Crippen molar-refractivity contribution in [3.63, 3.8) is 0 Å². The molecule has 0 heterocycles. The van der Waals surface area contributed by atoms with Crippen LogP contribution < -0.4 is 20.9 Å². The van der Waals surface area contributed by atoms with E-state index in [4.69, 9.17) is 40.2 Å². The quantitative estimate of drug-likeness (QED) is 0.502.